The minimum absolute atomic E-state index is 0.0614. The van der Waals surface area contributed by atoms with Crippen molar-refractivity contribution in [3.8, 4) is 5.75 Å². The van der Waals surface area contributed by atoms with Crippen LogP contribution >= 0.6 is 0 Å². The quantitative estimate of drug-likeness (QED) is 0.472. The van der Waals surface area contributed by atoms with Crippen LogP contribution < -0.4 is 4.74 Å². The third-order valence-electron chi connectivity index (χ3n) is 4.37. The Labute approximate surface area is 137 Å². The predicted molar refractivity (Wildman–Crippen MR) is 87.7 cm³/mol. The van der Waals surface area contributed by atoms with Crippen LogP contribution in [0, 0.1) is 11.6 Å². The molecule has 0 aliphatic heterocycles. The number of unbranched alkanes of at least 4 members (excludes halogenated alkanes) is 1. The number of ether oxygens (including phenoxy) is 2. The van der Waals surface area contributed by atoms with E-state index in [-0.39, 0.29) is 17.8 Å². The van der Waals surface area contributed by atoms with Crippen molar-refractivity contribution < 1.29 is 18.3 Å². The topological polar surface area (TPSA) is 18.5 Å². The van der Waals surface area contributed by atoms with Crippen LogP contribution in [-0.2, 0) is 4.74 Å². The third kappa shape index (κ3) is 4.77. The Morgan fingerprint density at radius 2 is 1.87 bits per heavy atom. The molecule has 4 heteroatoms. The Morgan fingerprint density at radius 1 is 1.13 bits per heavy atom. The molecular weight excluding hydrogens is 298 g/mol. The molecule has 2 rings (SSSR count). The number of rotatable bonds is 7. The van der Waals surface area contributed by atoms with Crippen molar-refractivity contribution >= 4 is 0 Å². The highest BCUT2D eigenvalue weighted by atomic mass is 19.2. The van der Waals surface area contributed by atoms with Gasteiger partial charge in [-0.15, -0.1) is 0 Å². The Balaban J connectivity index is 1.97. The molecule has 128 valence electrons. The molecule has 0 spiro atoms. The molecule has 0 unspecified atom stereocenters. The molecule has 0 saturated heterocycles. The number of allylic oxidation sites excluding steroid dienone is 1. The molecule has 1 aliphatic rings. The third-order valence-corrected chi connectivity index (χ3v) is 4.37. The largest absolute Gasteiger partial charge is 0.462 e. The van der Waals surface area contributed by atoms with Crippen LogP contribution in [0.3, 0.4) is 0 Å². The monoisotopic (exact) mass is 324 g/mol. The van der Waals surface area contributed by atoms with Gasteiger partial charge in [-0.3, -0.25) is 0 Å². The van der Waals surface area contributed by atoms with E-state index in [2.05, 4.69) is 6.92 Å². The second kappa shape index (κ2) is 9.02. The minimum Gasteiger partial charge on any atom is -0.462 e. The zero-order valence-electron chi connectivity index (χ0n) is 14.0. The van der Waals surface area contributed by atoms with Crippen molar-refractivity contribution in [2.75, 3.05) is 6.61 Å². The van der Waals surface area contributed by atoms with Crippen molar-refractivity contribution in [3.63, 3.8) is 0 Å². The first-order chi connectivity index (χ1) is 11.2. The zero-order valence-corrected chi connectivity index (χ0v) is 14.0. The molecule has 0 N–H and O–H groups in total. The van der Waals surface area contributed by atoms with E-state index in [0.29, 0.717) is 5.56 Å². The molecule has 0 bridgehead atoms. The average molecular weight is 324 g/mol. The first kappa shape index (κ1) is 17.9. The Hall–Kier alpha value is -1.42. The molecule has 1 aromatic carbocycles. The smallest absolute Gasteiger partial charge is 0.201 e. The first-order valence-corrected chi connectivity index (χ1v) is 8.54. The van der Waals surface area contributed by atoms with Gasteiger partial charge in [0.25, 0.3) is 0 Å². The maximum absolute atomic E-state index is 14.3. The molecule has 1 aromatic rings. The van der Waals surface area contributed by atoms with Gasteiger partial charge < -0.3 is 9.47 Å². The highest BCUT2D eigenvalue weighted by Crippen LogP contribution is 2.37. The highest BCUT2D eigenvalue weighted by Gasteiger charge is 2.26. The summed E-state index contributed by atoms with van der Waals surface area (Å²) in [4.78, 5) is 0. The van der Waals surface area contributed by atoms with Crippen molar-refractivity contribution in [3.05, 3.63) is 41.7 Å². The Kier molecular flexibility index (Phi) is 7.03. The summed E-state index contributed by atoms with van der Waals surface area (Å²) < 4.78 is 39.3. The second-order valence-electron chi connectivity index (χ2n) is 6.07. The summed E-state index contributed by atoms with van der Waals surface area (Å²) >= 11 is 0. The molecule has 1 fully saturated rings. The van der Waals surface area contributed by atoms with Gasteiger partial charge in [0.05, 0.1) is 12.4 Å². The van der Waals surface area contributed by atoms with E-state index in [4.69, 9.17) is 9.47 Å². The molecule has 0 amide bonds. The van der Waals surface area contributed by atoms with E-state index in [1.165, 1.54) is 12.3 Å². The van der Waals surface area contributed by atoms with Gasteiger partial charge in [0.15, 0.2) is 11.6 Å². The van der Waals surface area contributed by atoms with Crippen LogP contribution in [0.1, 0.15) is 63.9 Å². The summed E-state index contributed by atoms with van der Waals surface area (Å²) in [5.74, 6) is -1.68. The van der Waals surface area contributed by atoms with Gasteiger partial charge in [-0.2, -0.15) is 4.39 Å². The lowest BCUT2D eigenvalue weighted by Gasteiger charge is -2.29. The summed E-state index contributed by atoms with van der Waals surface area (Å²) in [5.41, 5.74) is 0.460. The van der Waals surface area contributed by atoms with Crippen LogP contribution in [0.15, 0.2) is 24.5 Å². The van der Waals surface area contributed by atoms with E-state index in [1.54, 1.807) is 19.1 Å². The fourth-order valence-electron chi connectivity index (χ4n) is 3.03. The number of halogens is 2. The maximum atomic E-state index is 14.3. The van der Waals surface area contributed by atoms with E-state index in [9.17, 15) is 8.78 Å². The molecular formula is C19H26F2O2. The normalized spacial score (nSPS) is 21.7. The fourth-order valence-corrected chi connectivity index (χ4v) is 3.03. The number of benzene rings is 1. The number of hydrogen-bond donors (Lipinski definition) is 0. The fraction of sp³-hybridized carbons (Fsp3) is 0.579. The summed E-state index contributed by atoms with van der Waals surface area (Å²) in [5, 5.41) is 0. The van der Waals surface area contributed by atoms with Crippen molar-refractivity contribution in [2.24, 2.45) is 0 Å². The van der Waals surface area contributed by atoms with Crippen LogP contribution in [0.2, 0.25) is 0 Å². The van der Waals surface area contributed by atoms with Gasteiger partial charge in [0.1, 0.15) is 0 Å². The van der Waals surface area contributed by atoms with Gasteiger partial charge in [0.2, 0.25) is 5.82 Å². The van der Waals surface area contributed by atoms with Crippen LogP contribution in [-0.4, -0.2) is 12.7 Å². The maximum Gasteiger partial charge on any atom is 0.201 e. The lowest BCUT2D eigenvalue weighted by atomic mass is 9.82. The molecule has 0 atom stereocenters. The molecule has 23 heavy (non-hydrogen) atoms. The van der Waals surface area contributed by atoms with Crippen LogP contribution in [0.25, 0.3) is 0 Å². The van der Waals surface area contributed by atoms with E-state index in [0.717, 1.165) is 45.1 Å². The average Bonchev–Trinajstić information content (AvgIpc) is 2.57. The van der Waals surface area contributed by atoms with Crippen molar-refractivity contribution in [2.45, 2.75) is 64.4 Å². The van der Waals surface area contributed by atoms with Gasteiger partial charge in [-0.25, -0.2) is 4.39 Å². The molecule has 2 nitrogen and oxygen atoms in total. The van der Waals surface area contributed by atoms with Crippen LogP contribution in [0.5, 0.6) is 5.75 Å². The number of hydrogen-bond acceptors (Lipinski definition) is 2. The Morgan fingerprint density at radius 3 is 2.52 bits per heavy atom. The zero-order chi connectivity index (χ0) is 16.7. The lowest BCUT2D eigenvalue weighted by molar-refractivity contribution is 0.0230. The predicted octanol–water partition coefficient (Wildman–Crippen LogP) is 5.72. The Bertz CT molecular complexity index is 520. The standard InChI is InChI=1S/C19H26F2O2/c1-3-5-13-22-15-8-6-14(7-9-15)16-10-11-17(23-12-4-2)19(21)18(16)20/h4,10-12,14-15H,3,5-9,13H2,1-2H3. The highest BCUT2D eigenvalue weighted by molar-refractivity contribution is 5.33. The van der Waals surface area contributed by atoms with Crippen LogP contribution in [0.4, 0.5) is 8.78 Å². The molecule has 0 radical (unpaired) electrons. The summed E-state index contributed by atoms with van der Waals surface area (Å²) in [7, 11) is 0. The molecule has 0 heterocycles. The summed E-state index contributed by atoms with van der Waals surface area (Å²) in [6, 6.07) is 3.16. The summed E-state index contributed by atoms with van der Waals surface area (Å²) in [6.07, 6.45) is 8.93. The second-order valence-corrected chi connectivity index (χ2v) is 6.07. The minimum atomic E-state index is -0.901. The van der Waals surface area contributed by atoms with Gasteiger partial charge in [-0.1, -0.05) is 25.5 Å². The van der Waals surface area contributed by atoms with Crippen molar-refractivity contribution in [1.29, 1.82) is 0 Å². The first-order valence-electron chi connectivity index (χ1n) is 8.54. The van der Waals surface area contributed by atoms with E-state index < -0.39 is 11.6 Å². The molecule has 1 aliphatic carbocycles. The SMILES string of the molecule is CC=COc1ccc(C2CCC(OCCCC)CC2)c(F)c1F. The molecule has 1 saturated carbocycles. The summed E-state index contributed by atoms with van der Waals surface area (Å²) in [6.45, 7) is 4.69. The van der Waals surface area contributed by atoms with Gasteiger partial charge in [-0.05, 0) is 56.6 Å². The molecule has 0 aromatic heterocycles. The van der Waals surface area contributed by atoms with E-state index in [1.807, 2.05) is 0 Å². The van der Waals surface area contributed by atoms with Crippen molar-refractivity contribution in [1.82, 2.24) is 0 Å². The van der Waals surface area contributed by atoms with Gasteiger partial charge >= 0.3 is 0 Å². The van der Waals surface area contributed by atoms with E-state index >= 15 is 0 Å². The van der Waals surface area contributed by atoms with Gasteiger partial charge in [0, 0.05) is 6.61 Å². The lowest BCUT2D eigenvalue weighted by Crippen LogP contribution is -2.22.